The maximum Gasteiger partial charge on any atom is 0.287 e. The lowest BCUT2D eigenvalue weighted by Crippen LogP contribution is -2.43. The highest BCUT2D eigenvalue weighted by molar-refractivity contribution is 6.08. The van der Waals surface area contributed by atoms with Crippen LogP contribution in [-0.2, 0) is 4.74 Å². The summed E-state index contributed by atoms with van der Waals surface area (Å²) >= 11 is 0. The number of ether oxygens (including phenoxy) is 2. The Kier molecular flexibility index (Phi) is 6.38. The Morgan fingerprint density at radius 3 is 2.56 bits per heavy atom. The van der Waals surface area contributed by atoms with Gasteiger partial charge in [0.15, 0.2) is 0 Å². The summed E-state index contributed by atoms with van der Waals surface area (Å²) in [7, 11) is 1.61. The second kappa shape index (κ2) is 9.75. The van der Waals surface area contributed by atoms with Gasteiger partial charge < -0.3 is 23.6 Å². The van der Waals surface area contributed by atoms with E-state index < -0.39 is 0 Å². The van der Waals surface area contributed by atoms with E-state index in [9.17, 15) is 4.79 Å². The number of nitrogens with zero attached hydrogens (tertiary/aromatic N) is 1. The molecule has 4 aromatic rings. The summed E-state index contributed by atoms with van der Waals surface area (Å²) in [6.07, 6.45) is 0. The molecule has 3 heterocycles. The second-order valence-electron chi connectivity index (χ2n) is 8.36. The molecule has 7 heteroatoms. The lowest BCUT2D eigenvalue weighted by atomic mass is 10.0. The molecule has 1 N–H and O–H groups in total. The van der Waals surface area contributed by atoms with Crippen molar-refractivity contribution in [3.8, 4) is 16.9 Å². The zero-order valence-electron chi connectivity index (χ0n) is 19.4. The van der Waals surface area contributed by atoms with E-state index in [0.29, 0.717) is 31.1 Å². The maximum absolute atomic E-state index is 13.5. The standard InChI is InChI=1S/C27H28N2O5/c1-18-8-11-23(33-18)22(29-12-14-32-15-13-29)17-28-27(30)26-25(19-6-4-3-5-7-19)21-10-9-20(31-2)16-24(21)34-26/h3-11,16,22H,12-15,17H2,1-2H3,(H,28,30). The van der Waals surface area contributed by atoms with Crippen molar-refractivity contribution in [2.75, 3.05) is 40.0 Å². The van der Waals surface area contributed by atoms with Gasteiger partial charge in [-0.05, 0) is 36.8 Å². The number of hydrogen-bond acceptors (Lipinski definition) is 6. The highest BCUT2D eigenvalue weighted by Gasteiger charge is 2.28. The third kappa shape index (κ3) is 4.44. The molecule has 1 saturated heterocycles. The summed E-state index contributed by atoms with van der Waals surface area (Å²) in [5.41, 5.74) is 2.30. The first-order chi connectivity index (χ1) is 16.6. The van der Waals surface area contributed by atoms with Gasteiger partial charge in [-0.15, -0.1) is 0 Å². The van der Waals surface area contributed by atoms with Crippen molar-refractivity contribution in [1.29, 1.82) is 0 Å². The monoisotopic (exact) mass is 460 g/mol. The number of hydrogen-bond donors (Lipinski definition) is 1. The topological polar surface area (TPSA) is 77.1 Å². The van der Waals surface area contributed by atoms with Crippen molar-refractivity contribution in [1.82, 2.24) is 10.2 Å². The number of benzene rings is 2. The summed E-state index contributed by atoms with van der Waals surface area (Å²) in [5, 5.41) is 3.96. The minimum Gasteiger partial charge on any atom is -0.497 e. The van der Waals surface area contributed by atoms with Gasteiger partial charge in [0.05, 0.1) is 26.4 Å². The van der Waals surface area contributed by atoms with Crippen molar-refractivity contribution in [2.45, 2.75) is 13.0 Å². The lowest BCUT2D eigenvalue weighted by molar-refractivity contribution is 0.0116. The molecule has 2 aromatic carbocycles. The molecule has 1 unspecified atom stereocenters. The molecule has 0 spiro atoms. The van der Waals surface area contributed by atoms with Crippen LogP contribution in [0.3, 0.4) is 0 Å². The highest BCUT2D eigenvalue weighted by atomic mass is 16.5. The van der Waals surface area contributed by atoms with E-state index in [4.69, 9.17) is 18.3 Å². The van der Waals surface area contributed by atoms with E-state index >= 15 is 0 Å². The molecular formula is C27H28N2O5. The van der Waals surface area contributed by atoms with Crippen LogP contribution in [0.15, 0.2) is 69.5 Å². The summed E-state index contributed by atoms with van der Waals surface area (Å²) in [6.45, 7) is 5.19. The Morgan fingerprint density at radius 2 is 1.85 bits per heavy atom. The molecule has 34 heavy (non-hydrogen) atoms. The molecule has 0 aliphatic carbocycles. The third-order valence-electron chi connectivity index (χ3n) is 6.20. The van der Waals surface area contributed by atoms with E-state index in [1.54, 1.807) is 13.2 Å². The summed E-state index contributed by atoms with van der Waals surface area (Å²) in [6, 6.07) is 19.3. The maximum atomic E-state index is 13.5. The molecule has 1 aliphatic heterocycles. The van der Waals surface area contributed by atoms with Crippen LogP contribution in [0.5, 0.6) is 5.75 Å². The first-order valence-corrected chi connectivity index (χ1v) is 11.5. The van der Waals surface area contributed by atoms with Gasteiger partial charge in [0.1, 0.15) is 22.9 Å². The Balaban J connectivity index is 1.46. The van der Waals surface area contributed by atoms with E-state index in [0.717, 1.165) is 41.1 Å². The fourth-order valence-electron chi connectivity index (χ4n) is 4.46. The SMILES string of the molecule is COc1ccc2c(-c3ccccc3)c(C(=O)NCC(c3ccc(C)o3)N3CCOCC3)oc2c1. The van der Waals surface area contributed by atoms with Gasteiger partial charge in [-0.1, -0.05) is 30.3 Å². The number of carbonyl (C=O) groups is 1. The molecule has 0 saturated carbocycles. The lowest BCUT2D eigenvalue weighted by Gasteiger charge is -2.33. The number of rotatable bonds is 7. The van der Waals surface area contributed by atoms with Gasteiger partial charge in [-0.3, -0.25) is 9.69 Å². The van der Waals surface area contributed by atoms with Crippen LogP contribution in [0.4, 0.5) is 0 Å². The molecular weight excluding hydrogens is 432 g/mol. The smallest absolute Gasteiger partial charge is 0.287 e. The normalized spacial score (nSPS) is 15.4. The quantitative estimate of drug-likeness (QED) is 0.426. The van der Waals surface area contributed by atoms with Gasteiger partial charge in [0, 0.05) is 36.7 Å². The van der Waals surface area contributed by atoms with Crippen molar-refractivity contribution in [2.24, 2.45) is 0 Å². The number of aryl methyl sites for hydroxylation is 1. The Hall–Kier alpha value is -3.55. The van der Waals surface area contributed by atoms with E-state index in [-0.39, 0.29) is 17.7 Å². The van der Waals surface area contributed by atoms with E-state index in [1.807, 2.05) is 61.5 Å². The van der Waals surface area contributed by atoms with Crippen LogP contribution >= 0.6 is 0 Å². The number of carbonyl (C=O) groups excluding carboxylic acids is 1. The molecule has 176 valence electrons. The van der Waals surface area contributed by atoms with Gasteiger partial charge in [0.25, 0.3) is 5.91 Å². The Morgan fingerprint density at radius 1 is 1.06 bits per heavy atom. The molecule has 1 fully saturated rings. The highest BCUT2D eigenvalue weighted by Crippen LogP contribution is 2.36. The largest absolute Gasteiger partial charge is 0.497 e. The van der Waals surface area contributed by atoms with Crippen LogP contribution in [0.1, 0.15) is 28.1 Å². The average molecular weight is 461 g/mol. The molecule has 0 bridgehead atoms. The zero-order chi connectivity index (χ0) is 23.5. The van der Waals surface area contributed by atoms with E-state index in [2.05, 4.69) is 10.2 Å². The fourth-order valence-corrected chi connectivity index (χ4v) is 4.46. The van der Waals surface area contributed by atoms with Crippen LogP contribution in [-0.4, -0.2) is 50.8 Å². The number of morpholine rings is 1. The van der Waals surface area contributed by atoms with Gasteiger partial charge in [-0.25, -0.2) is 0 Å². The number of nitrogens with one attached hydrogen (secondary N) is 1. The van der Waals surface area contributed by atoms with Gasteiger partial charge >= 0.3 is 0 Å². The molecule has 1 aliphatic rings. The molecule has 1 amide bonds. The van der Waals surface area contributed by atoms with Crippen molar-refractivity contribution >= 4 is 16.9 Å². The van der Waals surface area contributed by atoms with Crippen molar-refractivity contribution in [3.05, 3.63) is 77.9 Å². The van der Waals surface area contributed by atoms with Crippen molar-refractivity contribution < 1.29 is 23.1 Å². The summed E-state index contributed by atoms with van der Waals surface area (Å²) in [5.74, 6) is 2.37. The fraction of sp³-hybridized carbons (Fsp3) is 0.296. The zero-order valence-corrected chi connectivity index (χ0v) is 19.4. The average Bonchev–Trinajstić information content (AvgIpc) is 3.48. The summed E-state index contributed by atoms with van der Waals surface area (Å²) in [4.78, 5) is 15.8. The van der Waals surface area contributed by atoms with Gasteiger partial charge in [-0.2, -0.15) is 0 Å². The van der Waals surface area contributed by atoms with Crippen LogP contribution in [0.25, 0.3) is 22.1 Å². The Labute approximate surface area is 198 Å². The first-order valence-electron chi connectivity index (χ1n) is 11.5. The minimum absolute atomic E-state index is 0.0915. The molecule has 0 radical (unpaired) electrons. The summed E-state index contributed by atoms with van der Waals surface area (Å²) < 4.78 is 22.9. The molecule has 5 rings (SSSR count). The predicted molar refractivity (Wildman–Crippen MR) is 129 cm³/mol. The first kappa shape index (κ1) is 22.3. The number of furan rings is 2. The van der Waals surface area contributed by atoms with Crippen LogP contribution in [0.2, 0.25) is 0 Å². The van der Waals surface area contributed by atoms with Crippen LogP contribution in [0, 0.1) is 6.92 Å². The van der Waals surface area contributed by atoms with Crippen LogP contribution < -0.4 is 10.1 Å². The number of fused-ring (bicyclic) bond motifs is 1. The molecule has 7 nitrogen and oxygen atoms in total. The van der Waals surface area contributed by atoms with Crippen molar-refractivity contribution in [3.63, 3.8) is 0 Å². The second-order valence-corrected chi connectivity index (χ2v) is 8.36. The predicted octanol–water partition coefficient (Wildman–Crippen LogP) is 4.81. The van der Waals surface area contributed by atoms with E-state index in [1.165, 1.54) is 0 Å². The minimum atomic E-state index is -0.268. The number of amides is 1. The third-order valence-corrected chi connectivity index (χ3v) is 6.20. The van der Waals surface area contributed by atoms with Gasteiger partial charge in [0.2, 0.25) is 5.76 Å². The number of methoxy groups -OCH3 is 1. The molecule has 1 atom stereocenters. The molecule has 2 aromatic heterocycles. The Bertz CT molecular complexity index is 1270.